The fourth-order valence-electron chi connectivity index (χ4n) is 0.201. The molecule has 1 radical (unpaired) electrons. The second-order valence-electron chi connectivity index (χ2n) is 1.11. The Bertz CT molecular complexity index is 80.5. The average molecular weight is 243 g/mol. The molecule has 0 aliphatic carbocycles. The Morgan fingerprint density at radius 2 is 2.38 bits per heavy atom. The highest BCUT2D eigenvalue weighted by Gasteiger charge is 1.86. The summed E-state index contributed by atoms with van der Waals surface area (Å²) in [6, 6.07) is 0. The smallest absolute Gasteiger partial charge is 0.0787 e. The second kappa shape index (κ2) is 5.79. The van der Waals surface area contributed by atoms with Crippen molar-refractivity contribution >= 4 is 31.9 Å². The summed E-state index contributed by atoms with van der Waals surface area (Å²) in [6.07, 6.45) is 0. The molecular formula is C5H7Br2O. The van der Waals surface area contributed by atoms with Crippen LogP contribution in [0.1, 0.15) is 0 Å². The van der Waals surface area contributed by atoms with Gasteiger partial charge in [-0.1, -0.05) is 31.9 Å². The summed E-state index contributed by atoms with van der Waals surface area (Å²) in [5.41, 5.74) is 0. The van der Waals surface area contributed by atoms with E-state index in [1.807, 2.05) is 0 Å². The third kappa shape index (κ3) is 4.81. The maximum atomic E-state index is 4.93. The van der Waals surface area contributed by atoms with E-state index in [1.54, 1.807) is 4.99 Å². The van der Waals surface area contributed by atoms with Crippen molar-refractivity contribution in [2.45, 2.75) is 0 Å². The van der Waals surface area contributed by atoms with Gasteiger partial charge in [-0.2, -0.15) is 0 Å². The summed E-state index contributed by atoms with van der Waals surface area (Å²) in [6.45, 7) is 4.61. The molecule has 0 aromatic rings. The zero-order valence-corrected chi connectivity index (χ0v) is 7.53. The van der Waals surface area contributed by atoms with Crippen LogP contribution >= 0.6 is 31.9 Å². The van der Waals surface area contributed by atoms with Gasteiger partial charge in [0.15, 0.2) is 0 Å². The molecule has 0 N–H and O–H groups in total. The van der Waals surface area contributed by atoms with Crippen molar-refractivity contribution in [1.29, 1.82) is 0 Å². The summed E-state index contributed by atoms with van der Waals surface area (Å²) in [7, 11) is 0. The standard InChI is InChI=1S/C5H7Br2O/c1-2-8-4-5(7)3-6/h3H,1-2,4H2. The van der Waals surface area contributed by atoms with Gasteiger partial charge in [-0.25, -0.2) is 0 Å². The van der Waals surface area contributed by atoms with E-state index in [0.717, 1.165) is 4.48 Å². The lowest BCUT2D eigenvalue weighted by atomic mass is 10.7. The minimum absolute atomic E-state index is 0.510. The SMILES string of the molecule is [CH2]COCC(Br)=CBr. The highest BCUT2D eigenvalue weighted by atomic mass is 79.9. The zero-order chi connectivity index (χ0) is 6.41. The molecule has 0 aliphatic heterocycles. The van der Waals surface area contributed by atoms with Crippen molar-refractivity contribution in [2.24, 2.45) is 0 Å². The van der Waals surface area contributed by atoms with Crippen LogP contribution in [-0.4, -0.2) is 13.2 Å². The maximum Gasteiger partial charge on any atom is 0.0787 e. The Balaban J connectivity index is 3.12. The van der Waals surface area contributed by atoms with E-state index in [-0.39, 0.29) is 0 Å². The minimum Gasteiger partial charge on any atom is -0.376 e. The summed E-state index contributed by atoms with van der Waals surface area (Å²) in [4.78, 5) is 1.77. The van der Waals surface area contributed by atoms with Crippen LogP contribution in [0.2, 0.25) is 0 Å². The lowest BCUT2D eigenvalue weighted by molar-refractivity contribution is 0.191. The van der Waals surface area contributed by atoms with Crippen LogP contribution in [0.5, 0.6) is 0 Å². The first-order valence-corrected chi connectivity index (χ1v) is 3.84. The first-order chi connectivity index (χ1) is 3.81. The van der Waals surface area contributed by atoms with Gasteiger partial charge < -0.3 is 4.74 Å². The largest absolute Gasteiger partial charge is 0.376 e. The van der Waals surface area contributed by atoms with Crippen molar-refractivity contribution in [3.63, 3.8) is 0 Å². The van der Waals surface area contributed by atoms with Gasteiger partial charge >= 0.3 is 0 Å². The number of rotatable bonds is 3. The predicted octanol–water partition coefficient (Wildman–Crippen LogP) is 2.47. The van der Waals surface area contributed by atoms with E-state index >= 15 is 0 Å². The first kappa shape index (κ1) is 8.66. The van der Waals surface area contributed by atoms with Crippen LogP contribution in [-0.2, 0) is 4.74 Å². The maximum absolute atomic E-state index is 4.93. The fraction of sp³-hybridized carbons (Fsp3) is 0.400. The molecule has 0 saturated heterocycles. The van der Waals surface area contributed by atoms with Crippen molar-refractivity contribution in [3.8, 4) is 0 Å². The van der Waals surface area contributed by atoms with E-state index in [4.69, 9.17) is 4.74 Å². The number of hydrogen-bond acceptors (Lipinski definition) is 1. The predicted molar refractivity (Wildman–Crippen MR) is 42.1 cm³/mol. The number of ether oxygens (including phenoxy) is 1. The van der Waals surface area contributed by atoms with Crippen molar-refractivity contribution < 1.29 is 4.74 Å². The third-order valence-electron chi connectivity index (χ3n) is 0.503. The molecule has 0 atom stereocenters. The Morgan fingerprint density at radius 3 is 2.75 bits per heavy atom. The molecule has 1 nitrogen and oxygen atoms in total. The number of halogens is 2. The van der Waals surface area contributed by atoms with Gasteiger partial charge in [-0.15, -0.1) is 0 Å². The van der Waals surface area contributed by atoms with Crippen molar-refractivity contribution in [2.75, 3.05) is 13.2 Å². The van der Waals surface area contributed by atoms with Crippen LogP contribution < -0.4 is 0 Å². The van der Waals surface area contributed by atoms with Gasteiger partial charge in [0, 0.05) is 11.1 Å². The van der Waals surface area contributed by atoms with Crippen molar-refractivity contribution in [3.05, 3.63) is 16.4 Å². The first-order valence-electron chi connectivity index (χ1n) is 2.13. The summed E-state index contributed by atoms with van der Waals surface area (Å²) in [5, 5.41) is 0. The van der Waals surface area contributed by atoms with E-state index in [0.29, 0.717) is 13.2 Å². The quantitative estimate of drug-likeness (QED) is 0.739. The Morgan fingerprint density at radius 1 is 1.75 bits per heavy atom. The van der Waals surface area contributed by atoms with Crippen LogP contribution in [0.25, 0.3) is 0 Å². The normalized spacial score (nSPS) is 12.1. The van der Waals surface area contributed by atoms with Crippen LogP contribution in [0.15, 0.2) is 9.47 Å². The molecule has 0 unspecified atom stereocenters. The Kier molecular flexibility index (Phi) is 6.27. The molecular weight excluding hydrogens is 236 g/mol. The van der Waals surface area contributed by atoms with Crippen LogP contribution in [0.4, 0.5) is 0 Å². The van der Waals surface area contributed by atoms with Gasteiger partial charge in [0.25, 0.3) is 0 Å². The molecule has 0 aromatic heterocycles. The van der Waals surface area contributed by atoms with E-state index < -0.39 is 0 Å². The van der Waals surface area contributed by atoms with E-state index in [9.17, 15) is 0 Å². The third-order valence-corrected chi connectivity index (χ3v) is 2.13. The summed E-state index contributed by atoms with van der Waals surface area (Å²) < 4.78 is 5.92. The molecule has 8 heavy (non-hydrogen) atoms. The topological polar surface area (TPSA) is 9.23 Å². The van der Waals surface area contributed by atoms with Gasteiger partial charge in [-0.05, 0) is 11.9 Å². The molecule has 0 fully saturated rings. The molecule has 0 spiro atoms. The number of hydrogen-bond donors (Lipinski definition) is 0. The van der Waals surface area contributed by atoms with Gasteiger partial charge in [0.05, 0.1) is 6.61 Å². The molecule has 0 amide bonds. The minimum atomic E-state index is 0.510. The highest BCUT2D eigenvalue weighted by molar-refractivity contribution is 9.14. The molecule has 0 saturated carbocycles. The van der Waals surface area contributed by atoms with E-state index in [2.05, 4.69) is 38.8 Å². The highest BCUT2D eigenvalue weighted by Crippen LogP contribution is 2.06. The fourth-order valence-corrected chi connectivity index (χ4v) is 0.495. The Labute approximate surface area is 66.4 Å². The second-order valence-corrected chi connectivity index (χ2v) is 2.58. The lowest BCUT2D eigenvalue weighted by Crippen LogP contribution is -1.91. The van der Waals surface area contributed by atoms with Gasteiger partial charge in [0.2, 0.25) is 0 Å². The Hall–Kier alpha value is 0.660. The molecule has 3 heteroatoms. The van der Waals surface area contributed by atoms with Crippen molar-refractivity contribution in [1.82, 2.24) is 0 Å². The molecule has 0 heterocycles. The van der Waals surface area contributed by atoms with Crippen LogP contribution in [0.3, 0.4) is 0 Å². The summed E-state index contributed by atoms with van der Waals surface area (Å²) in [5.74, 6) is 0. The van der Waals surface area contributed by atoms with Gasteiger partial charge in [-0.3, -0.25) is 0 Å². The molecule has 47 valence electrons. The lowest BCUT2D eigenvalue weighted by Gasteiger charge is -1.95. The monoisotopic (exact) mass is 241 g/mol. The molecule has 0 bridgehead atoms. The average Bonchev–Trinajstić information content (AvgIpc) is 1.83. The van der Waals surface area contributed by atoms with E-state index in [1.165, 1.54) is 0 Å². The molecule has 0 rings (SSSR count). The summed E-state index contributed by atoms with van der Waals surface area (Å²) >= 11 is 6.37. The van der Waals surface area contributed by atoms with Crippen LogP contribution in [0, 0.1) is 6.92 Å². The van der Waals surface area contributed by atoms with Gasteiger partial charge in [0.1, 0.15) is 0 Å². The molecule has 0 aromatic carbocycles. The zero-order valence-electron chi connectivity index (χ0n) is 4.36. The molecule has 0 aliphatic rings.